The SMILES string of the molecule is CC.CCN(CCNC(=O)c1ccc([N+](=O)[O-])cc1)CC(C)(C)C(C)(C)C.COC=O. The van der Waals surface area contributed by atoms with E-state index in [1.807, 2.05) is 13.8 Å². The third kappa shape index (κ3) is 12.1. The lowest BCUT2D eigenvalue weighted by Gasteiger charge is -2.42. The molecule has 0 unspecified atom stereocenters. The molecule has 0 radical (unpaired) electrons. The average molecular weight is 440 g/mol. The van der Waals surface area contributed by atoms with Crippen LogP contribution < -0.4 is 5.32 Å². The summed E-state index contributed by atoms with van der Waals surface area (Å²) in [5.41, 5.74) is 0.773. The molecule has 1 aromatic carbocycles. The topological polar surface area (TPSA) is 102 Å². The van der Waals surface area contributed by atoms with Crippen molar-refractivity contribution in [1.29, 1.82) is 0 Å². The van der Waals surface area contributed by atoms with E-state index in [2.05, 4.69) is 56.5 Å². The Morgan fingerprint density at radius 1 is 1.16 bits per heavy atom. The molecule has 1 rings (SSSR count). The van der Waals surface area contributed by atoms with Gasteiger partial charge in [-0.05, 0) is 29.5 Å². The normalized spacial score (nSPS) is 10.8. The Kier molecular flexibility index (Phi) is 15.2. The molecule has 0 aliphatic heterocycles. The lowest BCUT2D eigenvalue weighted by molar-refractivity contribution is -0.384. The first-order valence-corrected chi connectivity index (χ1v) is 10.6. The quantitative estimate of drug-likeness (QED) is 0.344. The van der Waals surface area contributed by atoms with Gasteiger partial charge in [-0.1, -0.05) is 55.4 Å². The fourth-order valence-corrected chi connectivity index (χ4v) is 2.31. The number of carbonyl (C=O) groups is 2. The van der Waals surface area contributed by atoms with Crippen molar-refractivity contribution in [2.75, 3.05) is 33.3 Å². The predicted molar refractivity (Wildman–Crippen MR) is 125 cm³/mol. The smallest absolute Gasteiger partial charge is 0.292 e. The maximum absolute atomic E-state index is 12.1. The highest BCUT2D eigenvalue weighted by Gasteiger charge is 2.33. The molecule has 1 aromatic rings. The minimum absolute atomic E-state index is 0.0156. The van der Waals surface area contributed by atoms with Gasteiger partial charge in [0.15, 0.2) is 0 Å². The first-order chi connectivity index (χ1) is 14.4. The number of hydrogen-bond acceptors (Lipinski definition) is 6. The molecule has 8 heteroatoms. The van der Waals surface area contributed by atoms with Crippen LogP contribution >= 0.6 is 0 Å². The Bertz CT molecular complexity index is 652. The number of nitrogens with zero attached hydrogens (tertiary/aromatic N) is 2. The second-order valence-corrected chi connectivity index (χ2v) is 8.39. The van der Waals surface area contributed by atoms with Crippen LogP contribution in [0.15, 0.2) is 24.3 Å². The van der Waals surface area contributed by atoms with Gasteiger partial charge in [0, 0.05) is 37.3 Å². The number of nitrogens with one attached hydrogen (secondary N) is 1. The number of nitro groups is 1. The molecule has 1 amide bonds. The molecule has 0 saturated heterocycles. The van der Waals surface area contributed by atoms with Crippen molar-refractivity contribution in [3.8, 4) is 0 Å². The Hall–Kier alpha value is -2.48. The van der Waals surface area contributed by atoms with Gasteiger partial charge in [-0.2, -0.15) is 0 Å². The van der Waals surface area contributed by atoms with E-state index in [1.54, 1.807) is 0 Å². The van der Waals surface area contributed by atoms with Crippen molar-refractivity contribution >= 4 is 18.1 Å². The number of methoxy groups -OCH3 is 1. The molecular weight excluding hydrogens is 398 g/mol. The van der Waals surface area contributed by atoms with Gasteiger partial charge in [0.05, 0.1) is 12.0 Å². The van der Waals surface area contributed by atoms with Gasteiger partial charge in [0.1, 0.15) is 0 Å². The largest absolute Gasteiger partial charge is 0.471 e. The average Bonchev–Trinajstić information content (AvgIpc) is 2.73. The summed E-state index contributed by atoms with van der Waals surface area (Å²) in [5, 5.41) is 13.5. The van der Waals surface area contributed by atoms with E-state index < -0.39 is 4.92 Å². The molecule has 31 heavy (non-hydrogen) atoms. The number of non-ortho nitro benzene ring substituents is 1. The molecule has 0 fully saturated rings. The number of nitro benzene ring substituents is 1. The van der Waals surface area contributed by atoms with Gasteiger partial charge in [-0.3, -0.25) is 19.7 Å². The van der Waals surface area contributed by atoms with Gasteiger partial charge in [0.2, 0.25) is 0 Å². The zero-order chi connectivity index (χ0) is 24.7. The first kappa shape index (κ1) is 30.7. The number of amides is 1. The molecule has 0 spiro atoms. The van der Waals surface area contributed by atoms with Crippen LogP contribution in [-0.4, -0.2) is 55.5 Å². The fraction of sp³-hybridized carbons (Fsp3) is 0.652. The first-order valence-electron chi connectivity index (χ1n) is 10.6. The molecule has 8 nitrogen and oxygen atoms in total. The van der Waals surface area contributed by atoms with E-state index in [9.17, 15) is 14.9 Å². The third-order valence-electron chi connectivity index (χ3n) is 5.25. The van der Waals surface area contributed by atoms with Crippen molar-refractivity contribution in [3.05, 3.63) is 39.9 Å². The summed E-state index contributed by atoms with van der Waals surface area (Å²) in [5.74, 6) is -0.207. The van der Waals surface area contributed by atoms with E-state index in [-0.39, 0.29) is 22.4 Å². The van der Waals surface area contributed by atoms with Gasteiger partial charge in [-0.15, -0.1) is 0 Å². The van der Waals surface area contributed by atoms with Crippen LogP contribution in [0.3, 0.4) is 0 Å². The zero-order valence-electron chi connectivity index (χ0n) is 20.7. The number of carbonyl (C=O) groups excluding carboxylic acids is 2. The zero-order valence-corrected chi connectivity index (χ0v) is 20.7. The van der Waals surface area contributed by atoms with Crippen molar-refractivity contribution < 1.29 is 19.2 Å². The maximum Gasteiger partial charge on any atom is 0.292 e. The molecule has 0 saturated carbocycles. The monoisotopic (exact) mass is 439 g/mol. The molecule has 0 aliphatic rings. The molecule has 0 aromatic heterocycles. The summed E-state index contributed by atoms with van der Waals surface area (Å²) in [6.45, 7) is 21.0. The number of rotatable bonds is 9. The van der Waals surface area contributed by atoms with Crippen LogP contribution in [0.5, 0.6) is 0 Å². The number of hydrogen-bond donors (Lipinski definition) is 1. The van der Waals surface area contributed by atoms with Crippen molar-refractivity contribution in [3.63, 3.8) is 0 Å². The minimum atomic E-state index is -0.474. The van der Waals surface area contributed by atoms with Crippen LogP contribution in [0, 0.1) is 20.9 Å². The van der Waals surface area contributed by atoms with E-state index in [1.165, 1.54) is 31.4 Å². The highest BCUT2D eigenvalue weighted by atomic mass is 16.6. The highest BCUT2D eigenvalue weighted by Crippen LogP contribution is 2.38. The molecular formula is C23H41N3O5. The molecule has 0 aliphatic carbocycles. The molecule has 0 heterocycles. The summed E-state index contributed by atoms with van der Waals surface area (Å²) in [6.07, 6.45) is 0. The fourth-order valence-electron chi connectivity index (χ4n) is 2.31. The van der Waals surface area contributed by atoms with Crippen LogP contribution in [0.25, 0.3) is 0 Å². The van der Waals surface area contributed by atoms with E-state index >= 15 is 0 Å². The molecule has 178 valence electrons. The molecule has 0 atom stereocenters. The summed E-state index contributed by atoms with van der Waals surface area (Å²) in [4.78, 5) is 33.6. The standard InChI is InChI=1S/C19H31N3O3.C2H4O2.C2H6/c1-7-21(14-19(5,6)18(2,3)4)13-12-20-17(23)15-8-10-16(11-9-15)22(24)25;1-4-2-3;1-2/h8-11H,7,12-14H2,1-6H3,(H,20,23);2H,1H3;1-2H3. The van der Waals surface area contributed by atoms with E-state index in [0.29, 0.717) is 18.6 Å². The third-order valence-corrected chi connectivity index (χ3v) is 5.25. The van der Waals surface area contributed by atoms with E-state index in [0.717, 1.165) is 19.6 Å². The van der Waals surface area contributed by atoms with Crippen LogP contribution in [-0.2, 0) is 9.53 Å². The van der Waals surface area contributed by atoms with E-state index in [4.69, 9.17) is 4.79 Å². The number of ether oxygens (including phenoxy) is 1. The summed E-state index contributed by atoms with van der Waals surface area (Å²) in [6, 6.07) is 5.65. The van der Waals surface area contributed by atoms with Crippen molar-refractivity contribution in [2.24, 2.45) is 10.8 Å². The van der Waals surface area contributed by atoms with Crippen LogP contribution in [0.2, 0.25) is 0 Å². The second kappa shape index (κ2) is 15.3. The van der Waals surface area contributed by atoms with Gasteiger partial charge < -0.3 is 15.0 Å². The van der Waals surface area contributed by atoms with Crippen LogP contribution in [0.1, 0.15) is 65.7 Å². The van der Waals surface area contributed by atoms with Gasteiger partial charge in [-0.25, -0.2) is 0 Å². The van der Waals surface area contributed by atoms with Gasteiger partial charge >= 0.3 is 0 Å². The number of benzene rings is 1. The maximum atomic E-state index is 12.1. The van der Waals surface area contributed by atoms with Crippen molar-refractivity contribution in [1.82, 2.24) is 10.2 Å². The van der Waals surface area contributed by atoms with Crippen LogP contribution in [0.4, 0.5) is 5.69 Å². The Labute approximate surface area is 187 Å². The summed E-state index contributed by atoms with van der Waals surface area (Å²) in [7, 11) is 1.31. The second-order valence-electron chi connectivity index (χ2n) is 8.39. The molecule has 1 N–H and O–H groups in total. The predicted octanol–water partition coefficient (Wildman–Crippen LogP) is 4.53. The Balaban J connectivity index is 0. The molecule has 0 bridgehead atoms. The lowest BCUT2D eigenvalue weighted by Crippen LogP contribution is -2.44. The summed E-state index contributed by atoms with van der Waals surface area (Å²) < 4.78 is 3.86. The lowest BCUT2D eigenvalue weighted by atomic mass is 9.69. The summed E-state index contributed by atoms with van der Waals surface area (Å²) >= 11 is 0. The minimum Gasteiger partial charge on any atom is -0.471 e. The van der Waals surface area contributed by atoms with Gasteiger partial charge in [0.25, 0.3) is 18.1 Å². The number of likely N-dealkylation sites (N-methyl/N-ethyl adjacent to an activating group) is 1. The Morgan fingerprint density at radius 3 is 2.00 bits per heavy atom. The van der Waals surface area contributed by atoms with Crippen molar-refractivity contribution in [2.45, 2.75) is 55.4 Å². The highest BCUT2D eigenvalue weighted by molar-refractivity contribution is 5.94. The Morgan fingerprint density at radius 2 is 1.65 bits per heavy atom.